The van der Waals surface area contributed by atoms with Crippen LogP contribution in [0.5, 0.6) is 0 Å². The first kappa shape index (κ1) is 30.7. The topological polar surface area (TPSA) is 17.1 Å². The maximum atomic E-state index is 11.6. The molecule has 0 aliphatic rings. The molecule has 0 amide bonds. The van der Waals surface area contributed by atoms with Crippen LogP contribution in [0.3, 0.4) is 0 Å². The summed E-state index contributed by atoms with van der Waals surface area (Å²) in [5, 5.41) is 0. The molecule has 1 unspecified atom stereocenters. The molecule has 181 valence electrons. The van der Waals surface area contributed by atoms with E-state index in [9.17, 15) is 4.79 Å². The van der Waals surface area contributed by atoms with Crippen molar-refractivity contribution in [3.8, 4) is 0 Å². The Bertz CT molecular complexity index is 763. The monoisotopic (exact) mass is 545 g/mol. The first-order valence-electron chi connectivity index (χ1n) is 10.8. The van der Waals surface area contributed by atoms with Crippen LogP contribution in [0.15, 0.2) is 72.8 Å². The summed E-state index contributed by atoms with van der Waals surface area (Å²) in [5.41, 5.74) is 2.05. The minimum absolute atomic E-state index is 0. The molecule has 2 aromatic carbocycles. The average molecular weight is 546 g/mol. The molecular formula is C29H44OPPd. The number of benzene rings is 2. The van der Waals surface area contributed by atoms with Crippen LogP contribution in [0.1, 0.15) is 73.4 Å². The summed E-state index contributed by atoms with van der Waals surface area (Å²) in [6, 6.07) is 19.6. The van der Waals surface area contributed by atoms with Gasteiger partial charge >= 0.3 is 90.7 Å². The van der Waals surface area contributed by atoms with E-state index in [1.54, 1.807) is 12.2 Å². The van der Waals surface area contributed by atoms with Crippen LogP contribution < -0.4 is 0 Å². The van der Waals surface area contributed by atoms with E-state index in [1.165, 1.54) is 0 Å². The van der Waals surface area contributed by atoms with Crippen molar-refractivity contribution in [3.63, 3.8) is 0 Å². The van der Waals surface area contributed by atoms with E-state index in [4.69, 9.17) is 0 Å². The standard InChI is InChI=1S/C17H14O.3C4H9.H3P.Pd/c18-17(13-11-15-7-3-1-4-8-15)14-12-16-9-5-2-6-10-16;3*1-4(2)3;;/h1-14H;3*1-3H3;1H3;. The largest absolute Gasteiger partial charge is 0.290 e. The molecule has 2 aromatic rings. The van der Waals surface area contributed by atoms with Crippen molar-refractivity contribution in [3.05, 3.63) is 83.9 Å². The van der Waals surface area contributed by atoms with Crippen molar-refractivity contribution in [2.75, 3.05) is 0 Å². The van der Waals surface area contributed by atoms with Gasteiger partial charge in [-0.15, -0.1) is 0 Å². The number of allylic oxidation sites excluding steroid dienone is 2. The number of rotatable bonds is 4. The molecule has 0 radical (unpaired) electrons. The molecule has 0 aliphatic carbocycles. The Kier molecular flexibility index (Phi) is 12.9. The normalized spacial score (nSPS) is 12.7. The quantitative estimate of drug-likeness (QED) is 0.212. The van der Waals surface area contributed by atoms with Gasteiger partial charge < -0.3 is 0 Å². The number of hydrogen-bond acceptors (Lipinski definition) is 1. The third kappa shape index (κ3) is 12.1. The molecule has 32 heavy (non-hydrogen) atoms. The van der Waals surface area contributed by atoms with Gasteiger partial charge in [-0.05, 0) is 23.3 Å². The SMILES string of the molecule is C[C](C)(C)[Pd]([C](C)(C)C)[C](C)(C)C.O=C(C=Cc1ccccc1)C=Cc1ccccc1.P. The van der Waals surface area contributed by atoms with E-state index in [2.05, 4.69) is 62.3 Å². The molecule has 1 atom stereocenters. The second kappa shape index (κ2) is 13.4. The molecule has 3 heteroatoms. The molecule has 0 aromatic heterocycles. The van der Waals surface area contributed by atoms with Crippen molar-refractivity contribution < 1.29 is 21.6 Å². The van der Waals surface area contributed by atoms with Crippen LogP contribution >= 0.6 is 9.90 Å². The smallest absolute Gasteiger partial charge is 0.178 e. The summed E-state index contributed by atoms with van der Waals surface area (Å²) in [6.45, 7) is 21.7. The van der Waals surface area contributed by atoms with E-state index in [-0.39, 0.29) is 15.7 Å². The van der Waals surface area contributed by atoms with E-state index in [0.29, 0.717) is 11.7 Å². The second-order valence-corrected chi connectivity index (χ2v) is 18.2. The molecule has 0 aliphatic heterocycles. The third-order valence-electron chi connectivity index (χ3n) is 3.90. The minimum atomic E-state index is -0.554. The van der Waals surface area contributed by atoms with Gasteiger partial charge in [-0.3, -0.25) is 4.79 Å². The van der Waals surface area contributed by atoms with E-state index >= 15 is 0 Å². The average Bonchev–Trinajstić information content (AvgIpc) is 2.63. The fraction of sp³-hybridized carbons (Fsp3) is 0.414. The molecule has 0 bridgehead atoms. The van der Waals surface area contributed by atoms with Crippen LogP contribution in [0.2, 0.25) is 11.7 Å². The molecule has 0 spiro atoms. The van der Waals surface area contributed by atoms with Crippen molar-refractivity contribution in [1.29, 1.82) is 0 Å². The third-order valence-corrected chi connectivity index (χ3v) is 10.9. The maximum absolute atomic E-state index is 11.6. The predicted octanol–water partition coefficient (Wildman–Crippen LogP) is 9.30. The Morgan fingerprint density at radius 1 is 0.594 bits per heavy atom. The zero-order valence-corrected chi connectivity index (χ0v) is 24.5. The molecule has 2 rings (SSSR count). The van der Waals surface area contributed by atoms with Gasteiger partial charge in [0.25, 0.3) is 0 Å². The van der Waals surface area contributed by atoms with Crippen LogP contribution in [0.25, 0.3) is 12.2 Å². The molecule has 0 heterocycles. The fourth-order valence-corrected chi connectivity index (χ4v) is 14.2. The summed E-state index contributed by atoms with van der Waals surface area (Å²) in [4.78, 5) is 11.6. The summed E-state index contributed by atoms with van der Waals surface area (Å²) in [7, 11) is 0. The zero-order chi connectivity index (χ0) is 23.7. The van der Waals surface area contributed by atoms with Gasteiger partial charge in [-0.2, -0.15) is 9.90 Å². The van der Waals surface area contributed by atoms with Crippen LogP contribution in [-0.2, 0) is 21.6 Å². The molecule has 0 saturated heterocycles. The predicted molar refractivity (Wildman–Crippen MR) is 146 cm³/mol. The van der Waals surface area contributed by atoms with Crippen molar-refractivity contribution in [1.82, 2.24) is 0 Å². The molecular weight excluding hydrogens is 502 g/mol. The summed E-state index contributed by atoms with van der Waals surface area (Å²) >= 11 is -0.554. The maximum Gasteiger partial charge on any atom is 0.178 e. The number of carbonyl (C=O) groups is 1. The number of ketones is 1. The Labute approximate surface area is 206 Å². The van der Waals surface area contributed by atoms with Gasteiger partial charge in [0, 0.05) is 0 Å². The van der Waals surface area contributed by atoms with Gasteiger partial charge in [0.05, 0.1) is 0 Å². The first-order valence-corrected chi connectivity index (χ1v) is 13.2. The van der Waals surface area contributed by atoms with Gasteiger partial charge in [-0.1, -0.05) is 72.8 Å². The number of hydrogen-bond donors (Lipinski definition) is 0. The van der Waals surface area contributed by atoms with E-state index in [0.717, 1.165) is 11.1 Å². The second-order valence-electron chi connectivity index (χ2n) is 10.1. The van der Waals surface area contributed by atoms with E-state index < -0.39 is 16.8 Å². The number of carbonyl (C=O) groups excluding carboxylic acids is 1. The minimum Gasteiger partial charge on any atom is -0.290 e. The molecule has 0 fully saturated rings. The van der Waals surface area contributed by atoms with Gasteiger partial charge in [-0.25, -0.2) is 0 Å². The zero-order valence-electron chi connectivity index (χ0n) is 21.5. The van der Waals surface area contributed by atoms with Crippen molar-refractivity contribution in [2.45, 2.75) is 74.0 Å². The van der Waals surface area contributed by atoms with Crippen LogP contribution in [0.4, 0.5) is 0 Å². The van der Waals surface area contributed by atoms with Gasteiger partial charge in [0.2, 0.25) is 0 Å². The Morgan fingerprint density at radius 3 is 1.09 bits per heavy atom. The summed E-state index contributed by atoms with van der Waals surface area (Å²) in [5.74, 6) is -0.0114. The molecule has 0 saturated carbocycles. The van der Waals surface area contributed by atoms with E-state index in [1.807, 2.05) is 72.8 Å². The summed E-state index contributed by atoms with van der Waals surface area (Å²) < 4.78 is 1.51. The summed E-state index contributed by atoms with van der Waals surface area (Å²) in [6.07, 6.45) is 6.79. The Morgan fingerprint density at radius 2 is 0.875 bits per heavy atom. The van der Waals surface area contributed by atoms with Crippen LogP contribution in [-0.4, -0.2) is 5.78 Å². The fourth-order valence-electron chi connectivity index (χ4n) is 3.68. The van der Waals surface area contributed by atoms with Gasteiger partial charge in [0.15, 0.2) is 5.78 Å². The van der Waals surface area contributed by atoms with Crippen molar-refractivity contribution >= 4 is 27.8 Å². The first-order chi connectivity index (χ1) is 14.2. The van der Waals surface area contributed by atoms with Crippen molar-refractivity contribution in [2.24, 2.45) is 0 Å². The van der Waals surface area contributed by atoms with Crippen LogP contribution in [0, 0.1) is 0 Å². The Balaban J connectivity index is 0.000000617. The molecule has 0 N–H and O–H groups in total. The Hall–Kier alpha value is -1.32. The van der Waals surface area contributed by atoms with Gasteiger partial charge in [0.1, 0.15) is 0 Å². The molecule has 1 nitrogen and oxygen atoms in total.